The first-order valence-electron chi connectivity index (χ1n) is 9.78. The first-order chi connectivity index (χ1) is 13.5. The predicted molar refractivity (Wildman–Crippen MR) is 131 cm³/mol. The fourth-order valence-electron chi connectivity index (χ4n) is 3.49. The minimum Gasteiger partial charge on any atom is -0.376 e. The monoisotopic (exact) mass is 529 g/mol. The number of ether oxygens (including phenoxy) is 1. The van der Waals surface area contributed by atoms with Gasteiger partial charge < -0.3 is 15.0 Å². The van der Waals surface area contributed by atoms with E-state index in [1.807, 2.05) is 21.0 Å². The highest BCUT2D eigenvalue weighted by molar-refractivity contribution is 14.0. The molecule has 1 atom stereocenters. The fourth-order valence-corrected chi connectivity index (χ4v) is 4.10. The molecule has 2 aromatic rings. The van der Waals surface area contributed by atoms with Gasteiger partial charge in [0.15, 0.2) is 5.96 Å². The van der Waals surface area contributed by atoms with E-state index in [0.717, 1.165) is 56.0 Å². The Morgan fingerprint density at radius 2 is 2.21 bits per heavy atom. The third kappa shape index (κ3) is 7.51. The number of morpholine rings is 1. The molecule has 1 unspecified atom stereocenters. The number of aromatic nitrogens is 1. The lowest BCUT2D eigenvalue weighted by atomic mass is 10.1. The molecule has 1 fully saturated rings. The smallest absolute Gasteiger partial charge is 0.194 e. The highest BCUT2D eigenvalue weighted by Gasteiger charge is 2.16. The van der Waals surface area contributed by atoms with E-state index in [4.69, 9.17) is 4.74 Å². The zero-order chi connectivity index (χ0) is 19.9. The zero-order valence-electron chi connectivity index (χ0n) is 17.7. The normalized spacial score (nSPS) is 17.7. The van der Waals surface area contributed by atoms with Crippen molar-refractivity contribution in [1.82, 2.24) is 20.1 Å². The Hall–Kier alpha value is -1.23. The van der Waals surface area contributed by atoms with Crippen molar-refractivity contribution in [3.8, 4) is 0 Å². The number of hydrogen-bond donors (Lipinski definition) is 1. The van der Waals surface area contributed by atoms with Crippen LogP contribution in [-0.4, -0.2) is 60.6 Å². The number of benzene rings is 1. The highest BCUT2D eigenvalue weighted by atomic mass is 127. The van der Waals surface area contributed by atoms with Gasteiger partial charge in [-0.15, -0.1) is 35.3 Å². The van der Waals surface area contributed by atoms with Crippen molar-refractivity contribution in [2.45, 2.75) is 39.6 Å². The van der Waals surface area contributed by atoms with Crippen molar-refractivity contribution in [2.75, 3.05) is 33.8 Å². The van der Waals surface area contributed by atoms with Gasteiger partial charge in [-0.2, -0.15) is 0 Å². The molecule has 1 aromatic heterocycles. The molecule has 0 spiro atoms. The summed E-state index contributed by atoms with van der Waals surface area (Å²) >= 11 is 1.68. The van der Waals surface area contributed by atoms with Gasteiger partial charge in [0, 0.05) is 45.7 Å². The average Bonchev–Trinajstić information content (AvgIpc) is 3.07. The molecule has 0 amide bonds. The van der Waals surface area contributed by atoms with Crippen LogP contribution in [-0.2, 0) is 24.4 Å². The number of nitrogens with zero attached hydrogens (tertiary/aromatic N) is 4. The Kier molecular flexibility index (Phi) is 9.81. The number of aliphatic imine (C=N–C) groups is 1. The number of thiazole rings is 1. The van der Waals surface area contributed by atoms with Crippen LogP contribution in [0.4, 0.5) is 0 Å². The number of hydrogen-bond acceptors (Lipinski definition) is 5. The van der Waals surface area contributed by atoms with Gasteiger partial charge in [0.05, 0.1) is 30.0 Å². The van der Waals surface area contributed by atoms with Crippen molar-refractivity contribution in [1.29, 1.82) is 0 Å². The Labute approximate surface area is 195 Å². The van der Waals surface area contributed by atoms with Crippen LogP contribution in [0.3, 0.4) is 0 Å². The first-order valence-corrected chi connectivity index (χ1v) is 10.7. The SMILES string of the molecule is CN=C(NCc1cccc(CN2CCOC(C)C2)c1)N(C)Cc1csc(C)n1.I. The summed E-state index contributed by atoms with van der Waals surface area (Å²) in [5, 5.41) is 6.67. The summed E-state index contributed by atoms with van der Waals surface area (Å²) in [5.41, 5.74) is 3.68. The molecule has 0 bridgehead atoms. The predicted octanol–water partition coefficient (Wildman–Crippen LogP) is 3.50. The van der Waals surface area contributed by atoms with E-state index >= 15 is 0 Å². The molecule has 6 nitrogen and oxygen atoms in total. The van der Waals surface area contributed by atoms with Gasteiger partial charge in [0.2, 0.25) is 0 Å². The molecule has 1 aliphatic heterocycles. The number of nitrogens with one attached hydrogen (secondary N) is 1. The summed E-state index contributed by atoms with van der Waals surface area (Å²) in [6, 6.07) is 8.79. The maximum absolute atomic E-state index is 5.64. The van der Waals surface area contributed by atoms with Crippen LogP contribution in [0.1, 0.15) is 28.8 Å². The van der Waals surface area contributed by atoms with E-state index in [0.29, 0.717) is 6.10 Å². The summed E-state index contributed by atoms with van der Waals surface area (Å²) in [5.74, 6) is 0.873. The molecule has 8 heteroatoms. The Morgan fingerprint density at radius 3 is 2.90 bits per heavy atom. The topological polar surface area (TPSA) is 53.0 Å². The summed E-state index contributed by atoms with van der Waals surface area (Å²) in [4.78, 5) is 13.5. The Bertz CT molecular complexity index is 797. The van der Waals surface area contributed by atoms with Gasteiger partial charge in [-0.25, -0.2) is 4.98 Å². The molecule has 29 heavy (non-hydrogen) atoms. The fraction of sp³-hybridized carbons (Fsp3) is 0.524. The van der Waals surface area contributed by atoms with Crippen LogP contribution in [0, 0.1) is 6.92 Å². The molecule has 0 saturated carbocycles. The molecular formula is C21H32IN5OS. The second kappa shape index (κ2) is 11.8. The zero-order valence-corrected chi connectivity index (χ0v) is 20.9. The van der Waals surface area contributed by atoms with Crippen LogP contribution < -0.4 is 5.32 Å². The Balaban J connectivity index is 0.00000300. The van der Waals surface area contributed by atoms with E-state index in [1.165, 1.54) is 11.1 Å². The van der Waals surface area contributed by atoms with E-state index in [1.54, 1.807) is 11.3 Å². The van der Waals surface area contributed by atoms with E-state index in [-0.39, 0.29) is 24.0 Å². The first kappa shape index (κ1) is 24.0. The van der Waals surface area contributed by atoms with Crippen LogP contribution in [0.25, 0.3) is 0 Å². The lowest BCUT2D eigenvalue weighted by molar-refractivity contribution is -0.0212. The molecule has 1 aliphatic rings. The van der Waals surface area contributed by atoms with Crippen LogP contribution in [0.5, 0.6) is 0 Å². The average molecular weight is 529 g/mol. The maximum atomic E-state index is 5.64. The van der Waals surface area contributed by atoms with Gasteiger partial charge in [0.1, 0.15) is 0 Å². The third-order valence-electron chi connectivity index (χ3n) is 4.81. The van der Waals surface area contributed by atoms with Crippen LogP contribution in [0.2, 0.25) is 0 Å². The number of guanidine groups is 1. The molecule has 0 radical (unpaired) electrons. The molecule has 2 heterocycles. The third-order valence-corrected chi connectivity index (χ3v) is 5.63. The van der Waals surface area contributed by atoms with Gasteiger partial charge >= 0.3 is 0 Å². The quantitative estimate of drug-likeness (QED) is 0.353. The van der Waals surface area contributed by atoms with E-state index in [2.05, 4.69) is 61.7 Å². The Morgan fingerprint density at radius 1 is 1.41 bits per heavy atom. The van der Waals surface area contributed by atoms with Crippen molar-refractivity contribution in [2.24, 2.45) is 4.99 Å². The summed E-state index contributed by atoms with van der Waals surface area (Å²) < 4.78 is 5.64. The van der Waals surface area contributed by atoms with Gasteiger partial charge in [0.25, 0.3) is 0 Å². The molecule has 1 aromatic carbocycles. The second-order valence-corrected chi connectivity index (χ2v) is 8.41. The summed E-state index contributed by atoms with van der Waals surface area (Å²) in [6.45, 7) is 9.46. The van der Waals surface area contributed by atoms with Crippen molar-refractivity contribution in [3.05, 3.63) is 51.5 Å². The van der Waals surface area contributed by atoms with Crippen LogP contribution in [0.15, 0.2) is 34.6 Å². The standard InChI is InChI=1S/C21H31N5OS.HI/c1-16-12-26(8-9-27-16)13-19-7-5-6-18(10-19)11-23-21(22-3)25(4)14-20-15-28-17(2)24-20;/h5-7,10,15-16H,8-9,11-14H2,1-4H3,(H,22,23);1H. The molecule has 0 aliphatic carbocycles. The van der Waals surface area contributed by atoms with E-state index in [9.17, 15) is 0 Å². The second-order valence-electron chi connectivity index (χ2n) is 7.35. The molecule has 160 valence electrons. The lowest BCUT2D eigenvalue weighted by Crippen LogP contribution is -2.40. The van der Waals surface area contributed by atoms with Crippen molar-refractivity contribution >= 4 is 41.3 Å². The van der Waals surface area contributed by atoms with Crippen molar-refractivity contribution < 1.29 is 4.74 Å². The van der Waals surface area contributed by atoms with Gasteiger partial charge in [-0.1, -0.05) is 24.3 Å². The maximum Gasteiger partial charge on any atom is 0.194 e. The van der Waals surface area contributed by atoms with Gasteiger partial charge in [-0.3, -0.25) is 9.89 Å². The minimum absolute atomic E-state index is 0. The molecule has 1 N–H and O–H groups in total. The number of halogens is 1. The highest BCUT2D eigenvalue weighted by Crippen LogP contribution is 2.13. The molecular weight excluding hydrogens is 497 g/mol. The van der Waals surface area contributed by atoms with Gasteiger partial charge in [-0.05, 0) is 25.0 Å². The molecule has 3 rings (SSSR count). The number of rotatable bonds is 6. The van der Waals surface area contributed by atoms with Crippen LogP contribution >= 0.6 is 35.3 Å². The van der Waals surface area contributed by atoms with E-state index < -0.39 is 0 Å². The lowest BCUT2D eigenvalue weighted by Gasteiger charge is -2.31. The van der Waals surface area contributed by atoms with Crippen molar-refractivity contribution in [3.63, 3.8) is 0 Å². The summed E-state index contributed by atoms with van der Waals surface area (Å²) in [6.07, 6.45) is 0.318. The minimum atomic E-state index is 0. The summed E-state index contributed by atoms with van der Waals surface area (Å²) in [7, 11) is 3.86. The molecule has 1 saturated heterocycles. The largest absolute Gasteiger partial charge is 0.376 e. The number of aryl methyl sites for hydroxylation is 1.